The number of hydrogen-bond acceptors (Lipinski definition) is 14. The zero-order chi connectivity index (χ0) is 55.6. The van der Waals surface area contributed by atoms with Crippen molar-refractivity contribution in [1.29, 1.82) is 0 Å². The molecule has 14 nitrogen and oxygen atoms in total. The van der Waals surface area contributed by atoms with Gasteiger partial charge in [-0.15, -0.1) is 0 Å². The van der Waals surface area contributed by atoms with Crippen molar-refractivity contribution in [2.24, 2.45) is 5.92 Å². The lowest BCUT2D eigenvalue weighted by atomic mass is 9.94. The van der Waals surface area contributed by atoms with Crippen molar-refractivity contribution in [3.8, 4) is 11.5 Å². The molecule has 1 aliphatic rings. The Morgan fingerprint density at radius 1 is 0.592 bits per heavy atom. The van der Waals surface area contributed by atoms with Crippen LogP contribution >= 0.6 is 0 Å². The number of ether oxygens (including phenoxy) is 8. The number of carbonyl (C=O) groups is 6. The Morgan fingerprint density at radius 3 is 1.51 bits per heavy atom. The van der Waals surface area contributed by atoms with Crippen molar-refractivity contribution < 1.29 is 66.7 Å². The van der Waals surface area contributed by atoms with Crippen LogP contribution in [-0.4, -0.2) is 75.6 Å². The van der Waals surface area contributed by atoms with E-state index in [9.17, 15) is 28.8 Å². The van der Waals surface area contributed by atoms with Crippen LogP contribution in [0, 0.1) is 12.8 Å². The van der Waals surface area contributed by atoms with E-state index in [-0.39, 0.29) is 58.5 Å². The van der Waals surface area contributed by atoms with Gasteiger partial charge >= 0.3 is 35.8 Å². The summed E-state index contributed by atoms with van der Waals surface area (Å²) in [4.78, 5) is 76.4. The molecule has 0 radical (unpaired) electrons. The van der Waals surface area contributed by atoms with Crippen LogP contribution < -0.4 is 9.47 Å². The molecule has 0 amide bonds. The number of allylic oxidation sites excluding steroid dienone is 2. The minimum atomic E-state index is -1.00. The van der Waals surface area contributed by atoms with Crippen LogP contribution in [0.25, 0.3) is 0 Å². The first kappa shape index (κ1) is 67.2. The van der Waals surface area contributed by atoms with E-state index < -0.39 is 54.6 Å². The third-order valence-electron chi connectivity index (χ3n) is 13.9. The van der Waals surface area contributed by atoms with Gasteiger partial charge in [0.2, 0.25) is 6.79 Å². The Balaban J connectivity index is 1.78. The summed E-state index contributed by atoms with van der Waals surface area (Å²) in [6.45, 7) is 12.9. The average Bonchev–Trinajstić information content (AvgIpc) is 3.79. The second-order valence-electron chi connectivity index (χ2n) is 20.9. The van der Waals surface area contributed by atoms with E-state index in [1.807, 2.05) is 19.9 Å². The van der Waals surface area contributed by atoms with Crippen molar-refractivity contribution in [3.63, 3.8) is 0 Å². The van der Waals surface area contributed by atoms with Crippen LogP contribution in [0.2, 0.25) is 0 Å². The fourth-order valence-corrected chi connectivity index (χ4v) is 9.36. The highest BCUT2D eigenvalue weighted by molar-refractivity contribution is 5.98. The van der Waals surface area contributed by atoms with Crippen LogP contribution in [0.1, 0.15) is 260 Å². The summed E-state index contributed by atoms with van der Waals surface area (Å²) in [7, 11) is 1.56. The second-order valence-corrected chi connectivity index (χ2v) is 20.9. The predicted octanol–water partition coefficient (Wildman–Crippen LogP) is 14.9. The number of rotatable bonds is 48. The highest BCUT2D eigenvalue weighted by Crippen LogP contribution is 2.43. The summed E-state index contributed by atoms with van der Waals surface area (Å²) in [5.74, 6) is -2.64. The molecular weight excluding hydrogens is 969 g/mol. The topological polar surface area (TPSA) is 176 Å². The first-order valence-electron chi connectivity index (χ1n) is 29.5. The van der Waals surface area contributed by atoms with Gasteiger partial charge in [0.1, 0.15) is 43.5 Å². The number of benzene rings is 1. The van der Waals surface area contributed by atoms with E-state index in [1.54, 1.807) is 20.1 Å². The molecule has 0 fully saturated rings. The van der Waals surface area contributed by atoms with Crippen LogP contribution in [0.5, 0.6) is 11.5 Å². The molecule has 1 aliphatic heterocycles. The number of esters is 6. The van der Waals surface area contributed by atoms with Gasteiger partial charge in [-0.3, -0.25) is 24.0 Å². The summed E-state index contributed by atoms with van der Waals surface area (Å²) in [6.07, 6.45) is 34.6. The Hall–Kier alpha value is -4.88. The van der Waals surface area contributed by atoms with E-state index in [0.717, 1.165) is 55.2 Å². The SMILES string of the molecule is C=CCOc1c(C/C=C(\C)CCC(=O)OCOC(=O)CC(C)CC(=O)OC(COC(=O)CCCCCCCCCCCCCCC)COC(=O)CCCCCCCCCCCCCCC)c(OC)c(C)c2c1C(=O)OC2. The molecule has 76 heavy (non-hydrogen) atoms. The van der Waals surface area contributed by atoms with Crippen LogP contribution in [0.15, 0.2) is 24.3 Å². The predicted molar refractivity (Wildman–Crippen MR) is 297 cm³/mol. The van der Waals surface area contributed by atoms with E-state index in [0.29, 0.717) is 48.3 Å². The molecule has 0 saturated carbocycles. The molecule has 0 N–H and O–H groups in total. The first-order chi connectivity index (χ1) is 36.8. The van der Waals surface area contributed by atoms with E-state index >= 15 is 0 Å². The summed E-state index contributed by atoms with van der Waals surface area (Å²) in [5, 5.41) is 0. The fourth-order valence-electron chi connectivity index (χ4n) is 9.36. The molecule has 1 aromatic rings. The zero-order valence-corrected chi connectivity index (χ0v) is 48.1. The zero-order valence-electron chi connectivity index (χ0n) is 48.1. The molecule has 1 unspecified atom stereocenters. The molecule has 1 aromatic carbocycles. The lowest BCUT2D eigenvalue weighted by Crippen LogP contribution is -2.31. The standard InChI is InChI=1S/C62H100O14/c1-8-11-13-15-17-19-21-23-25-27-29-31-33-35-54(63)71-44-51(45-72-55(64)36-34-32-30-28-26-24-22-20-18-16-14-12-9-2)76-58(67)43-49(5)42-57(66)75-47-74-56(65)40-38-48(4)37-39-52-60(69-7)50(6)53-46-73-62(68)59(53)61(52)70-41-10-3/h10,37,49,51H,3,8-9,11-36,38-47H2,1-2,4-7H3/b48-37+. The quantitative estimate of drug-likeness (QED) is 0.0198. The Labute approximate surface area is 457 Å². The molecule has 0 bridgehead atoms. The number of unbranched alkanes of at least 4 members (excludes halogenated alkanes) is 24. The minimum Gasteiger partial charge on any atom is -0.496 e. The number of methoxy groups -OCH3 is 1. The van der Waals surface area contributed by atoms with E-state index in [2.05, 4.69) is 20.4 Å². The average molecular weight is 1070 g/mol. The van der Waals surface area contributed by atoms with E-state index in [4.69, 9.17) is 37.9 Å². The number of carbonyl (C=O) groups excluding carboxylic acids is 6. The third kappa shape index (κ3) is 30.8. The van der Waals surface area contributed by atoms with E-state index in [1.165, 1.54) is 116 Å². The molecule has 14 heteroatoms. The van der Waals surface area contributed by atoms with Gasteiger partial charge in [0.25, 0.3) is 0 Å². The van der Waals surface area contributed by atoms with Crippen molar-refractivity contribution >= 4 is 35.8 Å². The third-order valence-corrected chi connectivity index (χ3v) is 13.9. The first-order valence-corrected chi connectivity index (χ1v) is 29.5. The number of hydrogen-bond donors (Lipinski definition) is 0. The lowest BCUT2D eigenvalue weighted by Gasteiger charge is -2.19. The van der Waals surface area contributed by atoms with Crippen LogP contribution in [0.4, 0.5) is 0 Å². The Bertz CT molecular complexity index is 1820. The van der Waals surface area contributed by atoms with Crippen LogP contribution in [0.3, 0.4) is 0 Å². The maximum atomic E-state index is 13.1. The van der Waals surface area contributed by atoms with Crippen molar-refractivity contribution in [2.75, 3.05) is 33.7 Å². The van der Waals surface area contributed by atoms with Gasteiger partial charge in [0.05, 0.1) is 7.11 Å². The second kappa shape index (κ2) is 43.1. The Morgan fingerprint density at radius 2 is 1.04 bits per heavy atom. The van der Waals surface area contributed by atoms with Crippen molar-refractivity contribution in [1.82, 2.24) is 0 Å². The normalized spacial score (nSPS) is 12.5. The molecular formula is C62H100O14. The number of fused-ring (bicyclic) bond motifs is 1. The molecule has 0 spiro atoms. The van der Waals surface area contributed by atoms with Gasteiger partial charge < -0.3 is 37.9 Å². The molecule has 2 rings (SSSR count). The van der Waals surface area contributed by atoms with Gasteiger partial charge in [0, 0.05) is 43.2 Å². The highest BCUT2D eigenvalue weighted by atomic mass is 16.7. The molecule has 0 saturated heterocycles. The monoisotopic (exact) mass is 1070 g/mol. The van der Waals surface area contributed by atoms with Gasteiger partial charge in [0.15, 0.2) is 6.10 Å². The van der Waals surface area contributed by atoms with Crippen molar-refractivity contribution in [2.45, 2.75) is 259 Å². The highest BCUT2D eigenvalue weighted by Gasteiger charge is 2.33. The molecule has 1 atom stereocenters. The number of cyclic esters (lactones) is 1. The van der Waals surface area contributed by atoms with Gasteiger partial charge in [-0.2, -0.15) is 0 Å². The summed E-state index contributed by atoms with van der Waals surface area (Å²) in [5.41, 5.74) is 3.47. The van der Waals surface area contributed by atoms with Crippen molar-refractivity contribution in [3.05, 3.63) is 46.6 Å². The summed E-state index contributed by atoms with van der Waals surface area (Å²) in [6, 6.07) is 0. The van der Waals surface area contributed by atoms with Gasteiger partial charge in [-0.25, -0.2) is 4.79 Å². The summed E-state index contributed by atoms with van der Waals surface area (Å²) < 4.78 is 44.0. The largest absolute Gasteiger partial charge is 0.496 e. The molecule has 432 valence electrons. The Kier molecular flexibility index (Phi) is 38.2. The van der Waals surface area contributed by atoms with Gasteiger partial charge in [-0.05, 0) is 51.0 Å². The molecule has 0 aromatic heterocycles. The van der Waals surface area contributed by atoms with Gasteiger partial charge in [-0.1, -0.05) is 199 Å². The summed E-state index contributed by atoms with van der Waals surface area (Å²) >= 11 is 0. The molecule has 1 heterocycles. The maximum absolute atomic E-state index is 13.1. The molecule has 0 aliphatic carbocycles. The maximum Gasteiger partial charge on any atom is 0.342 e. The lowest BCUT2D eigenvalue weighted by molar-refractivity contribution is -0.170. The smallest absolute Gasteiger partial charge is 0.342 e. The van der Waals surface area contributed by atoms with Crippen LogP contribution in [-0.2, 0) is 65.4 Å². The minimum absolute atomic E-state index is 0.0271. The fraction of sp³-hybridized carbons (Fsp3) is 0.742.